The lowest BCUT2D eigenvalue weighted by Crippen LogP contribution is -2.59. The number of benzene rings is 1. The van der Waals surface area contributed by atoms with E-state index in [4.69, 9.17) is 4.74 Å². The maximum absolute atomic E-state index is 11.9. The monoisotopic (exact) mass is 429 g/mol. The van der Waals surface area contributed by atoms with Crippen molar-refractivity contribution >= 4 is 11.7 Å². The second kappa shape index (κ2) is 10.1. The third-order valence-corrected chi connectivity index (χ3v) is 7.22. The van der Waals surface area contributed by atoms with Crippen LogP contribution >= 0.6 is 0 Å². The lowest BCUT2D eigenvalue weighted by atomic mass is 9.75. The van der Waals surface area contributed by atoms with Crippen molar-refractivity contribution < 1.29 is 9.53 Å². The minimum absolute atomic E-state index is 0.0397. The summed E-state index contributed by atoms with van der Waals surface area (Å²) in [6.45, 7) is 12.6. The van der Waals surface area contributed by atoms with Gasteiger partial charge in [-0.25, -0.2) is 4.79 Å². The smallest absolute Gasteiger partial charge is 0.315 e. The van der Waals surface area contributed by atoms with Crippen LogP contribution in [0.4, 0.5) is 10.5 Å². The van der Waals surface area contributed by atoms with Crippen LogP contribution in [0, 0.1) is 11.8 Å². The van der Waals surface area contributed by atoms with Crippen molar-refractivity contribution in [3.63, 3.8) is 0 Å². The Morgan fingerprint density at radius 2 is 1.94 bits per heavy atom. The number of fused-ring (bicyclic) bond motifs is 3. The van der Waals surface area contributed by atoms with Crippen molar-refractivity contribution in [1.29, 1.82) is 0 Å². The largest absolute Gasteiger partial charge is 0.495 e. The first-order chi connectivity index (χ1) is 15.0. The molecule has 4 aliphatic rings. The minimum atomic E-state index is -0.0397. The highest BCUT2D eigenvalue weighted by Gasteiger charge is 2.40. The standard InChI is InChI=1S/C24H39N5O2/c1-18(2)26-24(30)25-15-21-14-19-8-9-29(21)17-20(19)16-27-10-12-28(13-11-27)22-6-4-5-7-23(22)31-3/h4-7,18-21H,8-17H2,1-3H3,(H2,25,26,30). The Labute approximate surface area is 187 Å². The zero-order chi connectivity index (χ0) is 21.8. The lowest BCUT2D eigenvalue weighted by Gasteiger charge is -2.51. The molecule has 5 rings (SSSR count). The molecule has 0 spiro atoms. The maximum Gasteiger partial charge on any atom is 0.315 e. The molecule has 0 saturated carbocycles. The molecular formula is C24H39N5O2. The Morgan fingerprint density at radius 1 is 1.16 bits per heavy atom. The van der Waals surface area contributed by atoms with Gasteiger partial charge >= 0.3 is 6.03 Å². The first-order valence-electron chi connectivity index (χ1n) is 11.9. The summed E-state index contributed by atoms with van der Waals surface area (Å²) in [6.07, 6.45) is 2.52. The number of hydrogen-bond acceptors (Lipinski definition) is 5. The summed E-state index contributed by atoms with van der Waals surface area (Å²) >= 11 is 0. The molecule has 0 aromatic heterocycles. The number of nitrogens with one attached hydrogen (secondary N) is 2. The van der Waals surface area contributed by atoms with E-state index in [1.165, 1.54) is 38.2 Å². The molecule has 7 heteroatoms. The van der Waals surface area contributed by atoms with Gasteiger partial charge in [-0.1, -0.05) is 12.1 Å². The van der Waals surface area contributed by atoms with E-state index in [-0.39, 0.29) is 12.1 Å². The van der Waals surface area contributed by atoms with Crippen LogP contribution in [0.1, 0.15) is 26.7 Å². The van der Waals surface area contributed by atoms with Crippen LogP contribution in [0.5, 0.6) is 5.75 Å². The van der Waals surface area contributed by atoms with Gasteiger partial charge in [0.25, 0.3) is 0 Å². The predicted octanol–water partition coefficient (Wildman–Crippen LogP) is 2.24. The maximum atomic E-state index is 11.9. The van der Waals surface area contributed by atoms with Gasteiger partial charge in [-0.15, -0.1) is 0 Å². The highest BCUT2D eigenvalue weighted by Crippen LogP contribution is 2.37. The number of amides is 2. The fourth-order valence-electron chi connectivity index (χ4n) is 5.59. The quantitative estimate of drug-likeness (QED) is 0.696. The van der Waals surface area contributed by atoms with Gasteiger partial charge in [-0.3, -0.25) is 9.80 Å². The number of piperazine rings is 1. The van der Waals surface area contributed by atoms with Crippen molar-refractivity contribution in [2.24, 2.45) is 11.8 Å². The van der Waals surface area contributed by atoms with Gasteiger partial charge in [0.1, 0.15) is 5.75 Å². The Bertz CT molecular complexity index is 734. The number of piperidine rings is 3. The highest BCUT2D eigenvalue weighted by atomic mass is 16.5. The van der Waals surface area contributed by atoms with E-state index in [1.54, 1.807) is 7.11 Å². The van der Waals surface area contributed by atoms with E-state index in [9.17, 15) is 4.79 Å². The molecule has 4 heterocycles. The summed E-state index contributed by atoms with van der Waals surface area (Å²) < 4.78 is 5.55. The van der Waals surface area contributed by atoms with Crippen LogP contribution in [0.2, 0.25) is 0 Å². The minimum Gasteiger partial charge on any atom is -0.495 e. The molecule has 4 saturated heterocycles. The van der Waals surface area contributed by atoms with E-state index in [2.05, 4.69) is 37.5 Å². The first kappa shape index (κ1) is 22.2. The molecule has 0 aliphatic carbocycles. The van der Waals surface area contributed by atoms with Gasteiger partial charge in [0.05, 0.1) is 12.8 Å². The van der Waals surface area contributed by atoms with Crippen LogP contribution in [0.25, 0.3) is 0 Å². The molecule has 4 fully saturated rings. The molecule has 4 atom stereocenters. The van der Waals surface area contributed by atoms with Gasteiger partial charge in [-0.05, 0) is 57.2 Å². The van der Waals surface area contributed by atoms with E-state index < -0.39 is 0 Å². The fourth-order valence-corrected chi connectivity index (χ4v) is 5.59. The topological polar surface area (TPSA) is 60.1 Å². The average Bonchev–Trinajstić information content (AvgIpc) is 2.78. The van der Waals surface area contributed by atoms with E-state index in [0.717, 1.165) is 50.3 Å². The van der Waals surface area contributed by atoms with Crippen LogP contribution in [0.15, 0.2) is 24.3 Å². The number of ether oxygens (including phenoxy) is 1. The third kappa shape index (κ3) is 5.44. The zero-order valence-corrected chi connectivity index (χ0v) is 19.3. The molecule has 2 N–H and O–H groups in total. The Kier molecular flexibility index (Phi) is 7.23. The number of hydrogen-bond donors (Lipinski definition) is 2. The number of urea groups is 1. The highest BCUT2D eigenvalue weighted by molar-refractivity contribution is 5.74. The Balaban J connectivity index is 1.23. The summed E-state index contributed by atoms with van der Waals surface area (Å²) in [7, 11) is 1.75. The molecule has 2 bridgehead atoms. The SMILES string of the molecule is COc1ccccc1N1CCN(CC2CN3CCC2CC3CNC(=O)NC(C)C)CC1. The Morgan fingerprint density at radius 3 is 2.61 bits per heavy atom. The molecule has 1 aromatic carbocycles. The first-order valence-corrected chi connectivity index (χ1v) is 11.9. The number of para-hydroxylation sites is 2. The number of methoxy groups -OCH3 is 1. The number of carbonyl (C=O) groups excluding carboxylic acids is 1. The fraction of sp³-hybridized carbons (Fsp3) is 0.708. The summed E-state index contributed by atoms with van der Waals surface area (Å²) in [4.78, 5) is 19.7. The molecule has 4 aliphatic heterocycles. The van der Waals surface area contributed by atoms with E-state index >= 15 is 0 Å². The summed E-state index contributed by atoms with van der Waals surface area (Å²) in [5, 5.41) is 6.00. The average molecular weight is 430 g/mol. The van der Waals surface area contributed by atoms with Crippen LogP contribution in [-0.4, -0.2) is 87.4 Å². The van der Waals surface area contributed by atoms with Gasteiger partial charge in [0, 0.05) is 57.9 Å². The van der Waals surface area contributed by atoms with Crippen molar-refractivity contribution in [2.45, 2.75) is 38.8 Å². The summed E-state index contributed by atoms with van der Waals surface area (Å²) in [5.74, 6) is 2.51. The van der Waals surface area contributed by atoms with Gasteiger partial charge in [-0.2, -0.15) is 0 Å². The normalized spacial score (nSPS) is 28.6. The van der Waals surface area contributed by atoms with Gasteiger partial charge in [0.15, 0.2) is 0 Å². The molecule has 7 nitrogen and oxygen atoms in total. The van der Waals surface area contributed by atoms with Crippen LogP contribution < -0.4 is 20.3 Å². The van der Waals surface area contributed by atoms with E-state index in [0.29, 0.717) is 6.04 Å². The number of rotatable bonds is 7. The predicted molar refractivity (Wildman–Crippen MR) is 125 cm³/mol. The number of carbonyl (C=O) groups is 1. The second-order valence-electron chi connectivity index (χ2n) is 9.66. The third-order valence-electron chi connectivity index (χ3n) is 7.22. The molecular weight excluding hydrogens is 390 g/mol. The molecule has 0 radical (unpaired) electrons. The summed E-state index contributed by atoms with van der Waals surface area (Å²) in [5.41, 5.74) is 1.21. The van der Waals surface area contributed by atoms with Crippen molar-refractivity contribution in [3.05, 3.63) is 24.3 Å². The Hall–Kier alpha value is -1.99. The lowest BCUT2D eigenvalue weighted by molar-refractivity contribution is -0.0115. The molecule has 1 aromatic rings. The zero-order valence-electron chi connectivity index (χ0n) is 19.3. The number of anilines is 1. The number of nitrogens with zero attached hydrogens (tertiary/aromatic N) is 3. The van der Waals surface area contributed by atoms with Crippen LogP contribution in [-0.2, 0) is 0 Å². The molecule has 2 amide bonds. The van der Waals surface area contributed by atoms with Crippen LogP contribution in [0.3, 0.4) is 0 Å². The molecule has 4 unspecified atom stereocenters. The van der Waals surface area contributed by atoms with Crippen molar-refractivity contribution in [1.82, 2.24) is 20.4 Å². The van der Waals surface area contributed by atoms with E-state index in [1.807, 2.05) is 26.0 Å². The molecule has 31 heavy (non-hydrogen) atoms. The second-order valence-corrected chi connectivity index (χ2v) is 9.66. The van der Waals surface area contributed by atoms with Crippen molar-refractivity contribution in [2.75, 3.05) is 64.4 Å². The van der Waals surface area contributed by atoms with Gasteiger partial charge < -0.3 is 20.3 Å². The molecule has 172 valence electrons. The summed E-state index contributed by atoms with van der Waals surface area (Å²) in [6, 6.07) is 8.97. The van der Waals surface area contributed by atoms with Crippen molar-refractivity contribution in [3.8, 4) is 5.75 Å². The van der Waals surface area contributed by atoms with Gasteiger partial charge in [0.2, 0.25) is 0 Å².